The van der Waals surface area contributed by atoms with Crippen LogP contribution < -0.4 is 16.2 Å². The van der Waals surface area contributed by atoms with Gasteiger partial charge in [0.2, 0.25) is 5.91 Å². The lowest BCUT2D eigenvalue weighted by Crippen LogP contribution is -2.11. The van der Waals surface area contributed by atoms with Gasteiger partial charge in [0.05, 0.1) is 11.3 Å². The Kier molecular flexibility index (Phi) is 3.81. The number of nitrogens with zero attached hydrogens (tertiary/aromatic N) is 1. The molecule has 0 aliphatic rings. The summed E-state index contributed by atoms with van der Waals surface area (Å²) in [6, 6.07) is 10.3. The Morgan fingerprint density at radius 3 is 2.38 bits per heavy atom. The zero-order chi connectivity index (χ0) is 15.6. The summed E-state index contributed by atoms with van der Waals surface area (Å²) in [6.07, 6.45) is 0. The number of carbonyl (C=O) groups excluding carboxylic acids is 1. The first-order chi connectivity index (χ1) is 9.93. The molecule has 21 heavy (non-hydrogen) atoms. The lowest BCUT2D eigenvalue weighted by atomic mass is 10.1. The van der Waals surface area contributed by atoms with Gasteiger partial charge < -0.3 is 16.2 Å². The summed E-state index contributed by atoms with van der Waals surface area (Å²) in [5.74, 6) is 0.521. The van der Waals surface area contributed by atoms with Crippen molar-refractivity contribution >= 4 is 11.6 Å². The number of benzene rings is 2. The van der Waals surface area contributed by atoms with E-state index in [1.807, 2.05) is 19.9 Å². The zero-order valence-electron chi connectivity index (χ0n) is 11.8. The number of para-hydroxylation sites is 1. The minimum Gasteiger partial charge on any atom is -0.455 e. The highest BCUT2D eigenvalue weighted by molar-refractivity contribution is 5.93. The van der Waals surface area contributed by atoms with Crippen LogP contribution in [-0.2, 0) is 0 Å². The molecule has 106 valence electrons. The maximum absolute atomic E-state index is 11.2. The van der Waals surface area contributed by atoms with Crippen LogP contribution in [0.5, 0.6) is 11.5 Å². The second-order valence-electron chi connectivity index (χ2n) is 4.73. The Bertz CT molecular complexity index is 738. The van der Waals surface area contributed by atoms with Crippen molar-refractivity contribution in [1.29, 1.82) is 5.26 Å². The molecule has 0 fully saturated rings. The van der Waals surface area contributed by atoms with E-state index in [2.05, 4.69) is 0 Å². The quantitative estimate of drug-likeness (QED) is 0.844. The van der Waals surface area contributed by atoms with Crippen LogP contribution in [0.4, 0.5) is 5.69 Å². The molecule has 0 aliphatic heterocycles. The zero-order valence-corrected chi connectivity index (χ0v) is 11.8. The number of ether oxygens (including phenoxy) is 1. The Balaban J connectivity index is 2.46. The summed E-state index contributed by atoms with van der Waals surface area (Å²) in [6.45, 7) is 3.64. The van der Waals surface area contributed by atoms with Crippen molar-refractivity contribution in [1.82, 2.24) is 0 Å². The fourth-order valence-electron chi connectivity index (χ4n) is 2.09. The molecule has 0 aliphatic carbocycles. The maximum Gasteiger partial charge on any atom is 0.248 e. The smallest absolute Gasteiger partial charge is 0.248 e. The van der Waals surface area contributed by atoms with Crippen molar-refractivity contribution in [3.05, 3.63) is 52.6 Å². The lowest BCUT2D eigenvalue weighted by Gasteiger charge is -2.14. The number of carbonyl (C=O) groups is 1. The third-order valence-corrected chi connectivity index (χ3v) is 3.14. The van der Waals surface area contributed by atoms with Gasteiger partial charge in [-0.3, -0.25) is 4.79 Å². The monoisotopic (exact) mass is 281 g/mol. The van der Waals surface area contributed by atoms with Crippen LogP contribution in [-0.4, -0.2) is 5.91 Å². The molecule has 0 saturated heterocycles. The fourth-order valence-corrected chi connectivity index (χ4v) is 2.09. The van der Waals surface area contributed by atoms with Crippen molar-refractivity contribution in [2.45, 2.75) is 13.8 Å². The Hall–Kier alpha value is -3.00. The number of aryl methyl sites for hydroxylation is 2. The molecule has 5 heteroatoms. The molecule has 0 heterocycles. The van der Waals surface area contributed by atoms with Gasteiger partial charge in [-0.25, -0.2) is 0 Å². The van der Waals surface area contributed by atoms with Gasteiger partial charge in [0, 0.05) is 5.56 Å². The first-order valence-electron chi connectivity index (χ1n) is 6.31. The minimum atomic E-state index is -0.487. The second kappa shape index (κ2) is 5.55. The highest BCUT2D eigenvalue weighted by Gasteiger charge is 2.13. The molecule has 0 radical (unpaired) electrons. The summed E-state index contributed by atoms with van der Waals surface area (Å²) in [5, 5.41) is 8.98. The van der Waals surface area contributed by atoms with E-state index in [1.165, 1.54) is 0 Å². The molecular formula is C16H15N3O2. The molecule has 1 amide bonds. The summed E-state index contributed by atoms with van der Waals surface area (Å²) in [5.41, 5.74) is 13.8. The lowest BCUT2D eigenvalue weighted by molar-refractivity contribution is 0.1000. The molecule has 2 aromatic rings. The second-order valence-corrected chi connectivity index (χ2v) is 4.73. The molecule has 0 unspecified atom stereocenters. The van der Waals surface area contributed by atoms with Gasteiger partial charge in [0.25, 0.3) is 0 Å². The van der Waals surface area contributed by atoms with Gasteiger partial charge in [-0.15, -0.1) is 0 Å². The Morgan fingerprint density at radius 2 is 1.86 bits per heavy atom. The van der Waals surface area contributed by atoms with Crippen LogP contribution in [0.15, 0.2) is 30.3 Å². The van der Waals surface area contributed by atoms with Crippen LogP contribution in [0.25, 0.3) is 0 Å². The molecule has 2 aromatic carbocycles. The number of anilines is 1. The van der Waals surface area contributed by atoms with Gasteiger partial charge in [0.1, 0.15) is 11.8 Å². The number of nitriles is 1. The summed E-state index contributed by atoms with van der Waals surface area (Å²) in [4.78, 5) is 11.2. The summed E-state index contributed by atoms with van der Waals surface area (Å²) in [7, 11) is 0. The Labute approximate surface area is 122 Å². The van der Waals surface area contributed by atoms with Crippen molar-refractivity contribution in [3.8, 4) is 17.6 Å². The molecule has 0 aromatic heterocycles. The number of hydrogen-bond acceptors (Lipinski definition) is 4. The molecule has 0 atom stereocenters. The molecular weight excluding hydrogens is 266 g/mol. The van der Waals surface area contributed by atoms with E-state index in [0.717, 1.165) is 11.1 Å². The number of rotatable bonds is 3. The van der Waals surface area contributed by atoms with Crippen LogP contribution >= 0.6 is 0 Å². The maximum atomic E-state index is 11.2. The van der Waals surface area contributed by atoms with Crippen molar-refractivity contribution in [3.63, 3.8) is 0 Å². The topological polar surface area (TPSA) is 102 Å². The first-order valence-corrected chi connectivity index (χ1v) is 6.31. The number of nitrogens with two attached hydrogens (primary N) is 2. The van der Waals surface area contributed by atoms with Crippen LogP contribution in [0, 0.1) is 25.2 Å². The van der Waals surface area contributed by atoms with Gasteiger partial charge in [-0.2, -0.15) is 5.26 Å². The molecule has 0 spiro atoms. The fraction of sp³-hybridized carbons (Fsp3) is 0.125. The van der Waals surface area contributed by atoms with E-state index in [9.17, 15) is 4.79 Å². The van der Waals surface area contributed by atoms with E-state index in [-0.39, 0.29) is 5.69 Å². The Morgan fingerprint density at radius 1 is 1.24 bits per heavy atom. The van der Waals surface area contributed by atoms with Gasteiger partial charge in [0.15, 0.2) is 5.75 Å². The van der Waals surface area contributed by atoms with E-state index in [4.69, 9.17) is 21.5 Å². The third kappa shape index (κ3) is 2.79. The van der Waals surface area contributed by atoms with Crippen LogP contribution in [0.1, 0.15) is 27.0 Å². The van der Waals surface area contributed by atoms with Crippen LogP contribution in [0.3, 0.4) is 0 Å². The molecule has 0 saturated carbocycles. The SMILES string of the molecule is Cc1cc(C(N)=O)cc(C)c1Oc1cccc(C#N)c1N. The predicted molar refractivity (Wildman–Crippen MR) is 80.1 cm³/mol. The molecule has 5 nitrogen and oxygen atoms in total. The summed E-state index contributed by atoms with van der Waals surface area (Å²) < 4.78 is 5.82. The minimum absolute atomic E-state index is 0.290. The average Bonchev–Trinajstić information content (AvgIpc) is 2.44. The normalized spacial score (nSPS) is 9.95. The van der Waals surface area contributed by atoms with Crippen molar-refractivity contribution < 1.29 is 9.53 Å². The van der Waals surface area contributed by atoms with Crippen LogP contribution in [0.2, 0.25) is 0 Å². The highest BCUT2D eigenvalue weighted by atomic mass is 16.5. The molecule has 0 bridgehead atoms. The average molecular weight is 281 g/mol. The van der Waals surface area contributed by atoms with Gasteiger partial charge >= 0.3 is 0 Å². The molecule has 2 rings (SSSR count). The van der Waals surface area contributed by atoms with Gasteiger partial charge in [-0.05, 0) is 49.2 Å². The van der Waals surface area contributed by atoms with E-state index < -0.39 is 5.91 Å². The van der Waals surface area contributed by atoms with E-state index in [1.54, 1.807) is 30.3 Å². The number of primary amides is 1. The standard InChI is InChI=1S/C16H15N3O2/c1-9-6-12(16(19)20)7-10(2)15(9)21-13-5-3-4-11(8-17)14(13)18/h3-7H,18H2,1-2H3,(H2,19,20). The third-order valence-electron chi connectivity index (χ3n) is 3.14. The number of nitrogen functional groups attached to an aromatic ring is 1. The largest absolute Gasteiger partial charge is 0.455 e. The number of amides is 1. The first kappa shape index (κ1) is 14.4. The number of hydrogen-bond donors (Lipinski definition) is 2. The van der Waals surface area contributed by atoms with E-state index in [0.29, 0.717) is 22.6 Å². The highest BCUT2D eigenvalue weighted by Crippen LogP contribution is 2.34. The van der Waals surface area contributed by atoms with Crippen molar-refractivity contribution in [2.24, 2.45) is 5.73 Å². The predicted octanol–water partition coefficient (Wildman–Crippen LogP) is 2.65. The summed E-state index contributed by atoms with van der Waals surface area (Å²) >= 11 is 0. The van der Waals surface area contributed by atoms with Crippen molar-refractivity contribution in [2.75, 3.05) is 5.73 Å². The van der Waals surface area contributed by atoms with E-state index >= 15 is 0 Å². The van der Waals surface area contributed by atoms with Gasteiger partial charge in [-0.1, -0.05) is 6.07 Å². The molecule has 4 N–H and O–H groups in total.